The number of rotatable bonds is 5. The molecule has 0 aliphatic rings. The number of amides is 1. The van der Waals surface area contributed by atoms with Gasteiger partial charge in [-0.05, 0) is 54.4 Å². The van der Waals surface area contributed by atoms with Gasteiger partial charge in [-0.1, -0.05) is 36.4 Å². The Labute approximate surface area is 178 Å². The van der Waals surface area contributed by atoms with Crippen LogP contribution in [0.25, 0.3) is 0 Å². The molecule has 0 aliphatic carbocycles. The maximum Gasteiger partial charge on any atom is 0.421 e. The monoisotopic (exact) mass is 455 g/mol. The van der Waals surface area contributed by atoms with Crippen LogP contribution in [0.4, 0.5) is 16.4 Å². The Bertz CT molecular complexity index is 957. The van der Waals surface area contributed by atoms with E-state index in [9.17, 15) is 4.79 Å². The maximum absolute atomic E-state index is 12.9. The van der Waals surface area contributed by atoms with Crippen LogP contribution in [0.2, 0.25) is 0 Å². The summed E-state index contributed by atoms with van der Waals surface area (Å²) in [5.74, 6) is 0.833. The molecule has 29 heavy (non-hydrogen) atoms. The van der Waals surface area contributed by atoms with Crippen LogP contribution in [-0.2, 0) is 11.3 Å². The van der Waals surface area contributed by atoms with Gasteiger partial charge in [0.25, 0.3) is 0 Å². The summed E-state index contributed by atoms with van der Waals surface area (Å²) in [4.78, 5) is 22.7. The van der Waals surface area contributed by atoms with Gasteiger partial charge in [0.2, 0.25) is 5.95 Å². The number of anilines is 2. The summed E-state index contributed by atoms with van der Waals surface area (Å²) in [6.45, 7) is 5.85. The van der Waals surface area contributed by atoms with E-state index in [1.807, 2.05) is 63.2 Å². The minimum absolute atomic E-state index is 0.211. The Morgan fingerprint density at radius 2 is 1.72 bits per heavy atom. The van der Waals surface area contributed by atoms with Crippen molar-refractivity contribution in [3.05, 3.63) is 77.0 Å². The molecular weight excluding hydrogens is 434 g/mol. The van der Waals surface area contributed by atoms with Gasteiger partial charge >= 0.3 is 6.09 Å². The van der Waals surface area contributed by atoms with Crippen molar-refractivity contribution in [1.29, 1.82) is 0 Å². The summed E-state index contributed by atoms with van der Waals surface area (Å²) in [6.07, 6.45) is 2.59. The van der Waals surface area contributed by atoms with E-state index in [0.29, 0.717) is 22.5 Å². The van der Waals surface area contributed by atoms with Gasteiger partial charge in [0.15, 0.2) is 0 Å². The molecule has 2 aromatic carbocycles. The summed E-state index contributed by atoms with van der Waals surface area (Å²) in [5.41, 5.74) is 0.942. The van der Waals surface area contributed by atoms with Gasteiger partial charge < -0.3 is 9.47 Å². The van der Waals surface area contributed by atoms with E-state index in [1.165, 1.54) is 4.90 Å². The van der Waals surface area contributed by atoms with Gasteiger partial charge in [-0.2, -0.15) is 0 Å². The Morgan fingerprint density at radius 1 is 1.03 bits per heavy atom. The molecule has 0 atom stereocenters. The van der Waals surface area contributed by atoms with Crippen molar-refractivity contribution in [2.75, 3.05) is 4.90 Å². The highest BCUT2D eigenvalue weighted by Gasteiger charge is 2.27. The van der Waals surface area contributed by atoms with Crippen molar-refractivity contribution >= 4 is 33.7 Å². The fourth-order valence-corrected chi connectivity index (χ4v) is 2.69. The lowest BCUT2D eigenvalue weighted by molar-refractivity contribution is 0.0597. The fraction of sp³-hybridized carbons (Fsp3) is 0.227. The highest BCUT2D eigenvalue weighted by molar-refractivity contribution is 9.10. The highest BCUT2D eigenvalue weighted by atomic mass is 79.9. The van der Waals surface area contributed by atoms with Crippen LogP contribution in [0, 0.1) is 0 Å². The largest absolute Gasteiger partial charge is 0.489 e. The van der Waals surface area contributed by atoms with E-state index in [1.54, 1.807) is 24.5 Å². The lowest BCUT2D eigenvalue weighted by atomic mass is 10.2. The number of nitrogens with zero attached hydrogens (tertiary/aromatic N) is 3. The van der Waals surface area contributed by atoms with Gasteiger partial charge in [-0.25, -0.2) is 19.7 Å². The van der Waals surface area contributed by atoms with Crippen LogP contribution in [-0.4, -0.2) is 21.7 Å². The quantitative estimate of drug-likeness (QED) is 0.479. The van der Waals surface area contributed by atoms with Crippen LogP contribution >= 0.6 is 15.9 Å². The minimum Gasteiger partial charge on any atom is -0.489 e. The molecule has 0 bridgehead atoms. The first-order valence-electron chi connectivity index (χ1n) is 9.09. The number of hydrogen-bond donors (Lipinski definition) is 0. The van der Waals surface area contributed by atoms with Crippen molar-refractivity contribution in [1.82, 2.24) is 9.97 Å². The third-order valence-electron chi connectivity index (χ3n) is 3.71. The predicted octanol–water partition coefficient (Wildman–Crippen LogP) is 5.89. The molecule has 1 heterocycles. The van der Waals surface area contributed by atoms with E-state index in [4.69, 9.17) is 9.47 Å². The van der Waals surface area contributed by atoms with Crippen molar-refractivity contribution in [3.8, 4) is 5.75 Å². The number of halogens is 1. The lowest BCUT2D eigenvalue weighted by Gasteiger charge is -2.26. The number of carbonyl (C=O) groups excluding carboxylic acids is 1. The normalized spacial score (nSPS) is 11.0. The van der Waals surface area contributed by atoms with Crippen LogP contribution in [0.5, 0.6) is 5.75 Å². The topological polar surface area (TPSA) is 64.5 Å². The molecule has 6 nitrogen and oxygen atoms in total. The molecule has 1 aromatic heterocycles. The van der Waals surface area contributed by atoms with Crippen molar-refractivity contribution in [2.45, 2.75) is 33.0 Å². The van der Waals surface area contributed by atoms with Crippen molar-refractivity contribution in [2.24, 2.45) is 0 Å². The van der Waals surface area contributed by atoms with E-state index in [2.05, 4.69) is 25.9 Å². The van der Waals surface area contributed by atoms with Gasteiger partial charge in [-0.3, -0.25) is 0 Å². The zero-order valence-corrected chi connectivity index (χ0v) is 18.1. The second-order valence-electron chi connectivity index (χ2n) is 7.29. The third-order valence-corrected chi connectivity index (χ3v) is 4.12. The number of hydrogen-bond acceptors (Lipinski definition) is 5. The first-order chi connectivity index (χ1) is 13.8. The average Bonchev–Trinajstić information content (AvgIpc) is 2.68. The molecule has 3 rings (SSSR count). The standard InChI is InChI=1S/C22H22BrN3O3/c1-22(2,3)29-21(27)26(20-24-13-17(23)14-25-20)18-10-7-11-19(12-18)28-15-16-8-5-4-6-9-16/h4-14H,15H2,1-3H3. The Hall–Kier alpha value is -2.93. The van der Waals surface area contributed by atoms with Crippen molar-refractivity contribution < 1.29 is 14.3 Å². The molecule has 0 N–H and O–H groups in total. The van der Waals surface area contributed by atoms with Gasteiger partial charge in [0.05, 0.1) is 10.2 Å². The minimum atomic E-state index is -0.661. The molecule has 3 aromatic rings. The fourth-order valence-electron chi connectivity index (χ4n) is 2.48. The highest BCUT2D eigenvalue weighted by Crippen LogP contribution is 2.29. The van der Waals surface area contributed by atoms with Crippen LogP contribution in [0.15, 0.2) is 71.5 Å². The molecule has 7 heteroatoms. The molecule has 0 saturated carbocycles. The van der Waals surface area contributed by atoms with Crippen molar-refractivity contribution in [3.63, 3.8) is 0 Å². The molecule has 0 saturated heterocycles. The van der Waals surface area contributed by atoms with E-state index in [0.717, 1.165) is 5.56 Å². The summed E-state index contributed by atoms with van der Waals surface area (Å²) >= 11 is 3.31. The number of aromatic nitrogens is 2. The van der Waals surface area contributed by atoms with Crippen LogP contribution < -0.4 is 9.64 Å². The van der Waals surface area contributed by atoms with Gasteiger partial charge in [0, 0.05) is 18.5 Å². The summed E-state index contributed by atoms with van der Waals surface area (Å²) in [7, 11) is 0. The molecular formula is C22H22BrN3O3. The number of carbonyl (C=O) groups is 1. The first kappa shape index (κ1) is 20.8. The molecule has 0 fully saturated rings. The smallest absolute Gasteiger partial charge is 0.421 e. The number of ether oxygens (including phenoxy) is 2. The zero-order valence-electron chi connectivity index (χ0n) is 16.5. The molecule has 0 unspecified atom stereocenters. The van der Waals surface area contributed by atoms with Gasteiger partial charge in [-0.15, -0.1) is 0 Å². The first-order valence-corrected chi connectivity index (χ1v) is 9.88. The van der Waals surface area contributed by atoms with Crippen LogP contribution in [0.1, 0.15) is 26.3 Å². The average molecular weight is 456 g/mol. The third kappa shape index (κ3) is 6.02. The lowest BCUT2D eigenvalue weighted by Crippen LogP contribution is -2.34. The molecule has 0 spiro atoms. The molecule has 0 radical (unpaired) electrons. The summed E-state index contributed by atoms with van der Waals surface area (Å²) in [5, 5.41) is 0. The summed E-state index contributed by atoms with van der Waals surface area (Å²) in [6, 6.07) is 17.1. The Balaban J connectivity index is 1.88. The molecule has 0 aliphatic heterocycles. The Kier molecular flexibility index (Phi) is 6.49. The van der Waals surface area contributed by atoms with E-state index < -0.39 is 11.7 Å². The van der Waals surface area contributed by atoms with E-state index >= 15 is 0 Å². The zero-order chi connectivity index (χ0) is 20.9. The van der Waals surface area contributed by atoms with Gasteiger partial charge in [0.1, 0.15) is 18.0 Å². The number of benzene rings is 2. The second-order valence-corrected chi connectivity index (χ2v) is 8.20. The van der Waals surface area contributed by atoms with Crippen LogP contribution in [0.3, 0.4) is 0 Å². The summed E-state index contributed by atoms with van der Waals surface area (Å²) < 4.78 is 12.2. The maximum atomic E-state index is 12.9. The molecule has 1 amide bonds. The SMILES string of the molecule is CC(C)(C)OC(=O)N(c1cccc(OCc2ccccc2)c1)c1ncc(Br)cn1. The second kappa shape index (κ2) is 9.05. The van der Waals surface area contributed by atoms with E-state index in [-0.39, 0.29) is 5.95 Å². The predicted molar refractivity (Wildman–Crippen MR) is 115 cm³/mol. The Morgan fingerprint density at radius 3 is 2.38 bits per heavy atom. The molecule has 150 valence electrons.